The van der Waals surface area contributed by atoms with Crippen molar-refractivity contribution in [3.63, 3.8) is 0 Å². The van der Waals surface area contributed by atoms with Crippen LogP contribution < -0.4 is 38.1 Å². The molecule has 58 heavy (non-hydrogen) atoms. The predicted octanol–water partition coefficient (Wildman–Crippen LogP) is 1.37. The summed E-state index contributed by atoms with van der Waals surface area (Å²) in [5, 5.41) is 35.0. The number of fused-ring (bicyclic) bond motifs is 3. The number of carboxylic acids is 1. The van der Waals surface area contributed by atoms with E-state index in [0.717, 1.165) is 6.42 Å². The lowest BCUT2D eigenvalue weighted by atomic mass is 9.95. The molecule has 0 unspecified atom stereocenters. The van der Waals surface area contributed by atoms with Gasteiger partial charge in [0.1, 0.15) is 36.0 Å². The van der Waals surface area contributed by atoms with E-state index < -0.39 is 77.7 Å². The van der Waals surface area contributed by atoms with Crippen molar-refractivity contribution in [2.45, 2.75) is 141 Å². The Morgan fingerprint density at radius 2 is 1.74 bits per heavy atom. The topological polar surface area (TPSA) is 258 Å². The molecule has 324 valence electrons. The normalized spacial score (nSPS) is 23.2. The summed E-state index contributed by atoms with van der Waals surface area (Å²) in [5.74, 6) is -4.30. The molecule has 0 saturated carbocycles. The number of phenolic OH excluding ortho intramolecular Hbond substituents is 1. The lowest BCUT2D eigenvalue weighted by Gasteiger charge is -2.31. The van der Waals surface area contributed by atoms with Gasteiger partial charge in [-0.3, -0.25) is 24.0 Å². The van der Waals surface area contributed by atoms with Crippen LogP contribution in [-0.4, -0.2) is 113 Å². The monoisotopic (exact) mass is 813 g/mol. The summed E-state index contributed by atoms with van der Waals surface area (Å²) in [6.45, 7) is 9.28. The van der Waals surface area contributed by atoms with E-state index in [2.05, 4.69) is 26.6 Å². The molecule has 0 spiro atoms. The van der Waals surface area contributed by atoms with Crippen molar-refractivity contribution in [3.05, 3.63) is 41.5 Å². The van der Waals surface area contributed by atoms with Gasteiger partial charge in [0, 0.05) is 19.5 Å². The van der Waals surface area contributed by atoms with Crippen molar-refractivity contribution in [2.75, 3.05) is 26.2 Å². The number of allylic oxidation sites excluding steroid dienone is 1. The Morgan fingerprint density at radius 1 is 0.983 bits per heavy atom. The molecular weight excluding hydrogens is 745 g/mol. The molecule has 1 aromatic carbocycles. The molecule has 16 nitrogen and oxygen atoms in total. The van der Waals surface area contributed by atoms with E-state index in [-0.39, 0.29) is 31.1 Å². The first kappa shape index (κ1) is 47.8. The number of amides is 5. The highest BCUT2D eigenvalue weighted by Gasteiger charge is 2.40. The Kier molecular flexibility index (Phi) is 20.1. The molecule has 1 saturated heterocycles. The van der Waals surface area contributed by atoms with Crippen LogP contribution in [0.1, 0.15) is 103 Å². The maximum atomic E-state index is 14.3. The van der Waals surface area contributed by atoms with Gasteiger partial charge in [-0.2, -0.15) is 0 Å². The van der Waals surface area contributed by atoms with Crippen LogP contribution >= 0.6 is 0 Å². The number of carbonyl (C=O) groups is 6. The number of aliphatic carboxylic acids is 1. The van der Waals surface area contributed by atoms with E-state index in [1.807, 2.05) is 32.9 Å². The number of aromatic hydroxyl groups is 1. The fourth-order valence-corrected chi connectivity index (χ4v) is 7.31. The number of nitrogens with one attached hydrogen (secondary N) is 5. The Labute approximate surface area is 343 Å². The van der Waals surface area contributed by atoms with Crippen LogP contribution in [0.3, 0.4) is 0 Å². The van der Waals surface area contributed by atoms with E-state index in [4.69, 9.17) is 11.5 Å². The Balaban J connectivity index is 2.00. The van der Waals surface area contributed by atoms with Gasteiger partial charge in [0.15, 0.2) is 0 Å². The zero-order valence-electron chi connectivity index (χ0n) is 34.8. The molecule has 0 aliphatic carbocycles. The highest BCUT2D eigenvalue weighted by Crippen LogP contribution is 2.23. The molecule has 3 rings (SSSR count). The first-order chi connectivity index (χ1) is 27.7. The average molecular weight is 813 g/mol. The smallest absolute Gasteiger partial charge is 0.326 e. The standard InChI is InChI=1S/C42H68N8O8/c1-5-27(4)36(40(55)48-33(42(57)58)23-26(2)3)49-38(53)32-25-28-17-18-35(51)29(24-28)13-7-10-20-45-21-11-8-14-30(44)37(52)46-31(15-6-9-19-43)41(56)50-22-12-16-34(50)39(54)47-32/h7,10,17-18,24,26-27,30-34,36,45,51H,5-6,8-9,11-16,19-23,25,43-44H2,1-4H3,(H,46,52)(H,47,54)(H,48,55)(H,49,53)(H,57,58)/t27-,30+,31-,32+,33-,34-,36-/m0/s1. The predicted molar refractivity (Wildman–Crippen MR) is 221 cm³/mol. The summed E-state index contributed by atoms with van der Waals surface area (Å²) in [4.78, 5) is 83.0. The maximum absolute atomic E-state index is 14.3. The summed E-state index contributed by atoms with van der Waals surface area (Å²) in [7, 11) is 0. The van der Waals surface area contributed by atoms with Crippen molar-refractivity contribution in [2.24, 2.45) is 23.3 Å². The quantitative estimate of drug-likeness (QED) is 0.102. The molecule has 0 aromatic heterocycles. The first-order valence-corrected chi connectivity index (χ1v) is 21.0. The highest BCUT2D eigenvalue weighted by molar-refractivity contribution is 5.96. The molecule has 2 aliphatic rings. The Morgan fingerprint density at radius 3 is 2.43 bits per heavy atom. The maximum Gasteiger partial charge on any atom is 0.326 e. The average Bonchev–Trinajstić information content (AvgIpc) is 3.68. The van der Waals surface area contributed by atoms with E-state index in [1.54, 1.807) is 19.1 Å². The minimum atomic E-state index is -1.23. The van der Waals surface area contributed by atoms with Gasteiger partial charge < -0.3 is 53.2 Å². The second-order valence-electron chi connectivity index (χ2n) is 16.1. The van der Waals surface area contributed by atoms with Crippen LogP contribution in [0.25, 0.3) is 0 Å². The number of benzene rings is 1. The van der Waals surface area contributed by atoms with E-state index >= 15 is 0 Å². The largest absolute Gasteiger partial charge is 0.508 e. The van der Waals surface area contributed by atoms with Crippen molar-refractivity contribution < 1.29 is 39.0 Å². The van der Waals surface area contributed by atoms with Crippen LogP contribution in [0.15, 0.2) is 30.4 Å². The number of nitrogens with two attached hydrogens (primary N) is 2. The number of carbonyl (C=O) groups excluding carboxylic acids is 5. The van der Waals surface area contributed by atoms with Gasteiger partial charge in [0.25, 0.3) is 0 Å². The lowest BCUT2D eigenvalue weighted by molar-refractivity contribution is -0.143. The zero-order chi connectivity index (χ0) is 42.8. The minimum Gasteiger partial charge on any atom is -0.508 e. The molecule has 1 fully saturated rings. The van der Waals surface area contributed by atoms with E-state index in [1.165, 1.54) is 11.0 Å². The number of rotatable bonds is 13. The number of phenols is 1. The third-order valence-electron chi connectivity index (χ3n) is 11.0. The SMILES string of the molecule is CC[C@H](C)[C@H](NC(=O)[C@H]1Cc2ccc(O)c(c2)CC=CCNCCCC[C@@H](N)C(=O)N[C@@H](CCCCN)C(=O)N2CCC[C@H]2C(=O)N1)C(=O)N[C@@H](CC(C)C)C(=O)O. The molecular formula is C42H68N8O8. The van der Waals surface area contributed by atoms with Crippen molar-refractivity contribution in [3.8, 4) is 5.75 Å². The van der Waals surface area contributed by atoms with E-state index in [9.17, 15) is 39.0 Å². The fraction of sp³-hybridized carbons (Fsp3) is 0.667. The first-order valence-electron chi connectivity index (χ1n) is 21.0. The number of carboxylic acid groups (broad SMARTS) is 1. The number of hydrogen-bond acceptors (Lipinski definition) is 10. The van der Waals surface area contributed by atoms with Crippen LogP contribution in [0.2, 0.25) is 0 Å². The van der Waals surface area contributed by atoms with Gasteiger partial charge in [0.05, 0.1) is 6.04 Å². The third-order valence-corrected chi connectivity index (χ3v) is 11.0. The second-order valence-corrected chi connectivity index (χ2v) is 16.1. The van der Waals surface area contributed by atoms with Crippen LogP contribution in [0, 0.1) is 11.8 Å². The number of unbranched alkanes of at least 4 members (excludes halogenated alkanes) is 1. The van der Waals surface area contributed by atoms with Gasteiger partial charge in [-0.15, -0.1) is 0 Å². The van der Waals surface area contributed by atoms with Gasteiger partial charge in [-0.05, 0) is 99.9 Å². The lowest BCUT2D eigenvalue weighted by Crippen LogP contribution is -2.60. The molecule has 2 heterocycles. The molecule has 2 bridgehead atoms. The van der Waals surface area contributed by atoms with Gasteiger partial charge in [0.2, 0.25) is 29.5 Å². The molecule has 11 N–H and O–H groups in total. The van der Waals surface area contributed by atoms with Gasteiger partial charge in [-0.25, -0.2) is 4.79 Å². The molecule has 5 amide bonds. The molecule has 7 atom stereocenters. The summed E-state index contributed by atoms with van der Waals surface area (Å²) in [5.41, 5.74) is 13.2. The van der Waals surface area contributed by atoms with Crippen LogP contribution in [0.4, 0.5) is 0 Å². The molecule has 1 aromatic rings. The van der Waals surface area contributed by atoms with Crippen molar-refractivity contribution in [1.29, 1.82) is 0 Å². The minimum absolute atomic E-state index is 0.0209. The van der Waals surface area contributed by atoms with E-state index in [0.29, 0.717) is 88.5 Å². The van der Waals surface area contributed by atoms with Gasteiger partial charge >= 0.3 is 5.97 Å². The summed E-state index contributed by atoms with van der Waals surface area (Å²) in [6, 6.07) is -1.25. The van der Waals surface area contributed by atoms with Gasteiger partial charge in [-0.1, -0.05) is 64.8 Å². The molecule has 0 radical (unpaired) electrons. The zero-order valence-corrected chi connectivity index (χ0v) is 34.8. The summed E-state index contributed by atoms with van der Waals surface area (Å²) >= 11 is 0. The second kappa shape index (κ2) is 24.4. The van der Waals surface area contributed by atoms with Crippen molar-refractivity contribution in [1.82, 2.24) is 31.5 Å². The Bertz CT molecular complexity index is 1570. The molecule has 16 heteroatoms. The fourth-order valence-electron chi connectivity index (χ4n) is 7.31. The Hall–Kier alpha value is -4.54. The number of hydrogen-bond donors (Lipinski definition) is 9. The third kappa shape index (κ3) is 15.0. The van der Waals surface area contributed by atoms with Crippen LogP contribution in [-0.2, 0) is 41.6 Å². The summed E-state index contributed by atoms with van der Waals surface area (Å²) in [6.07, 6.45) is 9.19. The van der Waals surface area contributed by atoms with Crippen LogP contribution in [0.5, 0.6) is 5.75 Å². The summed E-state index contributed by atoms with van der Waals surface area (Å²) < 4.78 is 0. The van der Waals surface area contributed by atoms with Crippen molar-refractivity contribution >= 4 is 35.5 Å². The highest BCUT2D eigenvalue weighted by atomic mass is 16.4. The molecule has 2 aliphatic heterocycles. The number of nitrogens with zero attached hydrogens (tertiary/aromatic N) is 1.